The molecule has 2 aromatic carbocycles. The van der Waals surface area contributed by atoms with E-state index < -0.39 is 6.10 Å². The van der Waals surface area contributed by atoms with E-state index in [0.29, 0.717) is 19.0 Å². The van der Waals surface area contributed by atoms with Gasteiger partial charge in [0.1, 0.15) is 18.5 Å². The van der Waals surface area contributed by atoms with Crippen molar-refractivity contribution in [3.8, 4) is 5.75 Å². The van der Waals surface area contributed by atoms with E-state index in [4.69, 9.17) is 4.74 Å². The molecule has 2 aromatic rings. The Balaban J connectivity index is 0.00000225. The van der Waals surface area contributed by atoms with E-state index in [1.54, 1.807) is 0 Å². The van der Waals surface area contributed by atoms with Crippen LogP contribution in [0, 0.1) is 0 Å². The Kier molecular flexibility index (Phi) is 7.11. The molecule has 2 aliphatic rings. The topological polar surface area (TPSA) is 58.6 Å². The van der Waals surface area contributed by atoms with Gasteiger partial charge in [-0.1, -0.05) is 36.4 Å². The summed E-state index contributed by atoms with van der Waals surface area (Å²) < 4.78 is 5.87. The number of ether oxygens (including phenoxy) is 1. The summed E-state index contributed by atoms with van der Waals surface area (Å²) in [6.45, 7) is 0.752. The maximum atomic E-state index is 12.0. The van der Waals surface area contributed by atoms with Crippen LogP contribution in [0.2, 0.25) is 0 Å². The zero-order chi connectivity index (χ0) is 18.6. The van der Waals surface area contributed by atoms with E-state index in [1.807, 2.05) is 18.2 Å². The van der Waals surface area contributed by atoms with Crippen molar-refractivity contribution in [2.24, 2.45) is 0 Å². The van der Waals surface area contributed by atoms with Gasteiger partial charge in [-0.15, -0.1) is 12.4 Å². The minimum absolute atomic E-state index is 0. The number of benzene rings is 2. The second kappa shape index (κ2) is 9.55. The van der Waals surface area contributed by atoms with Crippen molar-refractivity contribution in [3.05, 3.63) is 64.7 Å². The third-order valence-electron chi connectivity index (χ3n) is 5.68. The number of halogens is 1. The fourth-order valence-electron chi connectivity index (χ4n) is 4.20. The SMILES string of the molecule is Cl.O=C1CCCc2c(OCC(O)CNC3CCc4ccccc4C3)cccc21. The van der Waals surface area contributed by atoms with Crippen molar-refractivity contribution in [3.63, 3.8) is 0 Å². The Hall–Kier alpha value is -1.88. The fourth-order valence-corrected chi connectivity index (χ4v) is 4.20. The molecule has 0 bridgehead atoms. The lowest BCUT2D eigenvalue weighted by Gasteiger charge is -2.26. The molecule has 5 heteroatoms. The van der Waals surface area contributed by atoms with E-state index in [1.165, 1.54) is 11.1 Å². The Morgan fingerprint density at radius 1 is 1.07 bits per heavy atom. The van der Waals surface area contributed by atoms with E-state index in [2.05, 4.69) is 29.6 Å². The number of fused-ring (bicyclic) bond motifs is 2. The van der Waals surface area contributed by atoms with Crippen LogP contribution in [-0.2, 0) is 19.3 Å². The molecule has 2 atom stereocenters. The zero-order valence-electron chi connectivity index (χ0n) is 16.0. The highest BCUT2D eigenvalue weighted by Crippen LogP contribution is 2.29. The van der Waals surface area contributed by atoms with Crippen LogP contribution in [-0.4, -0.2) is 36.2 Å². The number of ketones is 1. The quantitative estimate of drug-likeness (QED) is 0.777. The first-order valence-electron chi connectivity index (χ1n) is 9.97. The third kappa shape index (κ3) is 4.75. The Bertz CT molecular complexity index is 823. The van der Waals surface area contributed by atoms with E-state index in [-0.39, 0.29) is 24.8 Å². The second-order valence-electron chi connectivity index (χ2n) is 7.64. The number of nitrogens with one attached hydrogen (secondary N) is 1. The van der Waals surface area contributed by atoms with Crippen LogP contribution in [0.15, 0.2) is 42.5 Å². The summed E-state index contributed by atoms with van der Waals surface area (Å²) >= 11 is 0. The molecule has 4 nitrogen and oxygen atoms in total. The molecule has 4 rings (SSSR count). The standard InChI is InChI=1S/C23H27NO3.ClH/c25-19(14-24-18-12-11-16-5-1-2-6-17(16)13-18)15-27-23-10-4-7-20-21(23)8-3-9-22(20)26;/h1-2,4-7,10,18-19,24-25H,3,8-9,11-15H2;1H. The molecule has 0 spiro atoms. The van der Waals surface area contributed by atoms with Crippen LogP contribution >= 0.6 is 12.4 Å². The summed E-state index contributed by atoms with van der Waals surface area (Å²) in [6, 6.07) is 14.6. The number of aliphatic hydroxyl groups is 1. The number of carbonyl (C=O) groups excluding carboxylic acids is 1. The number of rotatable bonds is 6. The monoisotopic (exact) mass is 401 g/mol. The van der Waals surface area contributed by atoms with Crippen LogP contribution in [0.4, 0.5) is 0 Å². The molecule has 0 saturated heterocycles. The van der Waals surface area contributed by atoms with Gasteiger partial charge >= 0.3 is 0 Å². The van der Waals surface area contributed by atoms with Crippen LogP contribution in [0.3, 0.4) is 0 Å². The molecule has 28 heavy (non-hydrogen) atoms. The van der Waals surface area contributed by atoms with Crippen LogP contribution < -0.4 is 10.1 Å². The third-order valence-corrected chi connectivity index (χ3v) is 5.68. The van der Waals surface area contributed by atoms with Gasteiger partial charge in [-0.2, -0.15) is 0 Å². The molecule has 2 aliphatic carbocycles. The summed E-state index contributed by atoms with van der Waals surface area (Å²) in [5.74, 6) is 0.938. The van der Waals surface area contributed by atoms with Crippen molar-refractivity contribution in [2.45, 2.75) is 50.7 Å². The lowest BCUT2D eigenvalue weighted by atomic mass is 9.88. The molecule has 150 valence electrons. The number of Topliss-reactive ketones (excluding diaryl/α,β-unsaturated/α-hetero) is 1. The highest BCUT2D eigenvalue weighted by molar-refractivity contribution is 5.99. The fraction of sp³-hybridized carbons (Fsp3) is 0.435. The lowest BCUT2D eigenvalue weighted by molar-refractivity contribution is 0.0962. The maximum absolute atomic E-state index is 12.0. The Labute approximate surface area is 172 Å². The average molecular weight is 402 g/mol. The maximum Gasteiger partial charge on any atom is 0.163 e. The zero-order valence-corrected chi connectivity index (χ0v) is 16.8. The van der Waals surface area contributed by atoms with Gasteiger partial charge in [-0.3, -0.25) is 4.79 Å². The minimum atomic E-state index is -0.572. The van der Waals surface area contributed by atoms with Gasteiger partial charge in [-0.05, 0) is 49.3 Å². The van der Waals surface area contributed by atoms with Crippen molar-refractivity contribution in [1.29, 1.82) is 0 Å². The van der Waals surface area contributed by atoms with Crippen molar-refractivity contribution in [2.75, 3.05) is 13.2 Å². The molecule has 0 amide bonds. The molecule has 0 aliphatic heterocycles. The average Bonchev–Trinajstić information content (AvgIpc) is 2.71. The summed E-state index contributed by atoms with van der Waals surface area (Å²) in [5, 5.41) is 13.8. The van der Waals surface area contributed by atoms with Gasteiger partial charge in [0.15, 0.2) is 5.78 Å². The first-order chi connectivity index (χ1) is 13.2. The summed E-state index contributed by atoms with van der Waals surface area (Å²) in [5.41, 5.74) is 4.64. The van der Waals surface area contributed by atoms with E-state index in [9.17, 15) is 9.90 Å². The minimum Gasteiger partial charge on any atom is -0.491 e. The summed E-state index contributed by atoms with van der Waals surface area (Å²) in [6.07, 6.45) is 4.99. The van der Waals surface area contributed by atoms with Gasteiger partial charge in [0.25, 0.3) is 0 Å². The van der Waals surface area contributed by atoms with E-state index >= 15 is 0 Å². The molecular weight excluding hydrogens is 374 g/mol. The van der Waals surface area contributed by atoms with Gasteiger partial charge in [0.2, 0.25) is 0 Å². The lowest BCUT2D eigenvalue weighted by Crippen LogP contribution is -2.40. The highest BCUT2D eigenvalue weighted by atomic mass is 35.5. The summed E-state index contributed by atoms with van der Waals surface area (Å²) in [4.78, 5) is 12.0. The van der Waals surface area contributed by atoms with Crippen LogP contribution in [0.25, 0.3) is 0 Å². The molecule has 0 radical (unpaired) electrons. The number of aliphatic hydroxyl groups excluding tert-OH is 1. The van der Waals surface area contributed by atoms with Crippen LogP contribution in [0.5, 0.6) is 5.75 Å². The van der Waals surface area contributed by atoms with Crippen molar-refractivity contribution < 1.29 is 14.6 Å². The Morgan fingerprint density at radius 3 is 2.75 bits per heavy atom. The number of hydrogen-bond donors (Lipinski definition) is 2. The smallest absolute Gasteiger partial charge is 0.163 e. The van der Waals surface area contributed by atoms with E-state index in [0.717, 1.165) is 49.0 Å². The van der Waals surface area contributed by atoms with Gasteiger partial charge in [0.05, 0.1) is 0 Å². The normalized spacial score (nSPS) is 19.2. The van der Waals surface area contributed by atoms with Crippen molar-refractivity contribution >= 4 is 18.2 Å². The molecule has 2 N–H and O–H groups in total. The van der Waals surface area contributed by atoms with Gasteiger partial charge < -0.3 is 15.2 Å². The largest absolute Gasteiger partial charge is 0.491 e. The predicted molar refractivity (Wildman–Crippen MR) is 113 cm³/mol. The Morgan fingerprint density at radius 2 is 1.89 bits per heavy atom. The van der Waals surface area contributed by atoms with Gasteiger partial charge in [0, 0.05) is 30.1 Å². The predicted octanol–water partition coefficient (Wildman–Crippen LogP) is 3.51. The molecule has 2 unspecified atom stereocenters. The number of aryl methyl sites for hydroxylation is 1. The van der Waals surface area contributed by atoms with Crippen molar-refractivity contribution in [1.82, 2.24) is 5.32 Å². The molecule has 0 fully saturated rings. The molecule has 0 heterocycles. The number of hydrogen-bond acceptors (Lipinski definition) is 4. The van der Waals surface area contributed by atoms with Crippen LogP contribution in [0.1, 0.15) is 46.3 Å². The van der Waals surface area contributed by atoms with Gasteiger partial charge in [-0.25, -0.2) is 0 Å². The first kappa shape index (κ1) is 20.8. The molecule has 0 aromatic heterocycles. The molecule has 0 saturated carbocycles. The summed E-state index contributed by atoms with van der Waals surface area (Å²) in [7, 11) is 0. The molecular formula is C23H28ClNO3. The number of carbonyl (C=O) groups is 1. The second-order valence-corrected chi connectivity index (χ2v) is 7.64. The highest BCUT2D eigenvalue weighted by Gasteiger charge is 2.21. The first-order valence-corrected chi connectivity index (χ1v) is 9.97.